The van der Waals surface area contributed by atoms with Gasteiger partial charge in [0.25, 0.3) is 0 Å². The highest BCUT2D eigenvalue weighted by atomic mass is 19.1. The van der Waals surface area contributed by atoms with E-state index in [0.29, 0.717) is 0 Å². The number of carbonyl (C=O) groups is 3. The van der Waals surface area contributed by atoms with Crippen LogP contribution in [-0.4, -0.2) is 93.9 Å². The van der Waals surface area contributed by atoms with Crippen LogP contribution in [0, 0.1) is 0 Å². The topological polar surface area (TPSA) is 101 Å². The summed E-state index contributed by atoms with van der Waals surface area (Å²) >= 11 is 0. The molecule has 2 aliphatic rings. The number of likely N-dealkylation sites (tertiary alicyclic amines) is 1. The third kappa shape index (κ3) is 3.90. The lowest BCUT2D eigenvalue weighted by Crippen LogP contribution is -2.57. The molecule has 8 nitrogen and oxygen atoms in total. The highest BCUT2D eigenvalue weighted by Gasteiger charge is 2.35. The number of carboxylic acid groups (broad SMARTS) is 1. The zero-order valence-corrected chi connectivity index (χ0v) is 13.0. The Bertz CT molecular complexity index is 489. The second kappa shape index (κ2) is 7.12. The van der Waals surface area contributed by atoms with Gasteiger partial charge in [-0.25, -0.2) is 9.18 Å². The number of nitrogens with zero attached hydrogens (tertiary/aromatic N) is 3. The smallest absolute Gasteiger partial charge is 0.408 e. The number of aliphatic hydroxyl groups excluding tert-OH is 1. The number of carbonyl (C=O) groups excluding carboxylic acids is 2. The molecule has 2 N–H and O–H groups in total. The van der Waals surface area contributed by atoms with Gasteiger partial charge in [-0.2, -0.15) is 0 Å². The van der Waals surface area contributed by atoms with Gasteiger partial charge in [0.15, 0.2) is 0 Å². The van der Waals surface area contributed by atoms with Crippen LogP contribution < -0.4 is 0 Å². The molecule has 3 amide bonds. The molecule has 0 radical (unpaired) electrons. The fraction of sp³-hybridized carbons (Fsp3) is 0.786. The van der Waals surface area contributed by atoms with E-state index in [4.69, 9.17) is 5.11 Å². The Morgan fingerprint density at radius 2 is 2.00 bits per heavy atom. The predicted molar refractivity (Wildman–Crippen MR) is 77.5 cm³/mol. The maximum absolute atomic E-state index is 13.2. The molecule has 2 rings (SSSR count). The Balaban J connectivity index is 1.83. The van der Waals surface area contributed by atoms with Crippen molar-refractivity contribution >= 4 is 17.9 Å². The van der Waals surface area contributed by atoms with E-state index in [1.807, 2.05) is 0 Å². The molecule has 0 spiro atoms. The Hall–Kier alpha value is -1.90. The van der Waals surface area contributed by atoms with Crippen LogP contribution in [0.2, 0.25) is 0 Å². The number of amides is 3. The van der Waals surface area contributed by atoms with Crippen molar-refractivity contribution in [2.75, 3.05) is 32.7 Å². The molecule has 0 aromatic rings. The minimum Gasteiger partial charge on any atom is -0.465 e. The maximum atomic E-state index is 13.2. The third-order valence-corrected chi connectivity index (χ3v) is 4.44. The molecule has 9 heteroatoms. The van der Waals surface area contributed by atoms with Crippen LogP contribution in [0.15, 0.2) is 0 Å². The summed E-state index contributed by atoms with van der Waals surface area (Å²) in [5.41, 5.74) is 0. The number of piperazine rings is 1. The van der Waals surface area contributed by atoms with E-state index in [1.54, 1.807) is 0 Å². The number of alkyl halides is 1. The van der Waals surface area contributed by atoms with Gasteiger partial charge in [-0.1, -0.05) is 0 Å². The van der Waals surface area contributed by atoms with Crippen LogP contribution in [0.1, 0.15) is 19.8 Å². The molecule has 2 heterocycles. The van der Waals surface area contributed by atoms with Crippen molar-refractivity contribution in [3.8, 4) is 0 Å². The van der Waals surface area contributed by atoms with Crippen molar-refractivity contribution in [2.45, 2.75) is 38.1 Å². The first kappa shape index (κ1) is 17.5. The Labute approximate surface area is 133 Å². The van der Waals surface area contributed by atoms with Gasteiger partial charge in [-0.15, -0.1) is 0 Å². The van der Waals surface area contributed by atoms with Crippen molar-refractivity contribution in [2.24, 2.45) is 0 Å². The van der Waals surface area contributed by atoms with Gasteiger partial charge in [0.2, 0.25) is 11.8 Å². The third-order valence-electron chi connectivity index (χ3n) is 4.44. The second-order valence-corrected chi connectivity index (χ2v) is 5.94. The SMILES string of the molecule is C[C@H]1C(=O)N(CCC(=O)N2CCC(F)C(O)C2)CCN1C(=O)O. The zero-order chi connectivity index (χ0) is 17.1. The minimum atomic E-state index is -1.30. The molecule has 2 saturated heterocycles. The lowest BCUT2D eigenvalue weighted by Gasteiger charge is -2.38. The molecule has 2 aliphatic heterocycles. The van der Waals surface area contributed by atoms with Crippen molar-refractivity contribution in [3.63, 3.8) is 0 Å². The molecule has 2 fully saturated rings. The molecule has 0 aromatic heterocycles. The molecule has 0 aliphatic carbocycles. The molecule has 130 valence electrons. The van der Waals surface area contributed by atoms with Gasteiger partial charge in [0, 0.05) is 39.1 Å². The molecule has 0 bridgehead atoms. The van der Waals surface area contributed by atoms with E-state index < -0.39 is 24.4 Å². The van der Waals surface area contributed by atoms with Crippen molar-refractivity contribution in [1.82, 2.24) is 14.7 Å². The molecule has 3 atom stereocenters. The first-order valence-corrected chi connectivity index (χ1v) is 7.69. The Morgan fingerprint density at radius 3 is 2.61 bits per heavy atom. The first-order chi connectivity index (χ1) is 10.8. The standard InChI is InChI=1S/C14H22FN3O5/c1-9-13(21)16(6-7-18(9)14(22)23)5-3-12(20)17-4-2-10(15)11(19)8-17/h9-11,19H,2-8H2,1H3,(H,22,23)/t9-,10?,11?/m0/s1. The largest absolute Gasteiger partial charge is 0.465 e. The molecular formula is C14H22FN3O5. The van der Waals surface area contributed by atoms with Crippen molar-refractivity contribution in [1.29, 1.82) is 0 Å². The van der Waals surface area contributed by atoms with Crippen molar-refractivity contribution in [3.05, 3.63) is 0 Å². The van der Waals surface area contributed by atoms with Gasteiger partial charge in [-0.05, 0) is 13.3 Å². The van der Waals surface area contributed by atoms with Gasteiger partial charge in [0.1, 0.15) is 18.3 Å². The Morgan fingerprint density at radius 1 is 1.30 bits per heavy atom. The Kier molecular flexibility index (Phi) is 5.40. The molecular weight excluding hydrogens is 309 g/mol. The number of aliphatic hydroxyl groups is 1. The minimum absolute atomic E-state index is 0.0306. The summed E-state index contributed by atoms with van der Waals surface area (Å²) in [6, 6.07) is -0.763. The average Bonchev–Trinajstić information content (AvgIpc) is 2.50. The number of piperidine rings is 1. The summed E-state index contributed by atoms with van der Waals surface area (Å²) in [5, 5.41) is 18.5. The van der Waals surface area contributed by atoms with E-state index in [2.05, 4.69) is 0 Å². The quantitative estimate of drug-likeness (QED) is 0.727. The van der Waals surface area contributed by atoms with Gasteiger partial charge < -0.3 is 20.0 Å². The normalized spacial score (nSPS) is 28.9. The lowest BCUT2D eigenvalue weighted by molar-refractivity contribution is -0.142. The number of halogens is 1. The van der Waals surface area contributed by atoms with E-state index in [1.165, 1.54) is 16.7 Å². The molecule has 23 heavy (non-hydrogen) atoms. The molecule has 0 saturated carbocycles. The van der Waals surface area contributed by atoms with Crippen LogP contribution in [0.5, 0.6) is 0 Å². The fourth-order valence-corrected chi connectivity index (χ4v) is 2.93. The summed E-state index contributed by atoms with van der Waals surface area (Å²) in [4.78, 5) is 39.2. The summed E-state index contributed by atoms with van der Waals surface area (Å²) in [7, 11) is 0. The van der Waals surface area contributed by atoms with E-state index in [0.717, 1.165) is 4.90 Å². The van der Waals surface area contributed by atoms with Crippen LogP contribution in [-0.2, 0) is 9.59 Å². The van der Waals surface area contributed by atoms with E-state index >= 15 is 0 Å². The summed E-state index contributed by atoms with van der Waals surface area (Å²) in [6.07, 6.45) is -3.40. The summed E-state index contributed by atoms with van der Waals surface area (Å²) in [6.45, 7) is 2.40. The maximum Gasteiger partial charge on any atom is 0.408 e. The number of hydrogen-bond donors (Lipinski definition) is 2. The number of hydrogen-bond acceptors (Lipinski definition) is 4. The van der Waals surface area contributed by atoms with Gasteiger partial charge in [0.05, 0.1) is 0 Å². The summed E-state index contributed by atoms with van der Waals surface area (Å²) in [5.74, 6) is -0.564. The van der Waals surface area contributed by atoms with Gasteiger partial charge >= 0.3 is 6.09 Å². The molecule has 2 unspecified atom stereocenters. The van der Waals surface area contributed by atoms with Crippen molar-refractivity contribution < 1.29 is 29.0 Å². The zero-order valence-electron chi connectivity index (χ0n) is 13.0. The predicted octanol–water partition coefficient (Wildman–Crippen LogP) is -0.481. The lowest BCUT2D eigenvalue weighted by atomic mass is 10.1. The van der Waals surface area contributed by atoms with Crippen LogP contribution in [0.3, 0.4) is 0 Å². The van der Waals surface area contributed by atoms with Gasteiger partial charge in [-0.3, -0.25) is 14.5 Å². The van der Waals surface area contributed by atoms with Crippen LogP contribution in [0.25, 0.3) is 0 Å². The van der Waals surface area contributed by atoms with Crippen LogP contribution in [0.4, 0.5) is 9.18 Å². The van der Waals surface area contributed by atoms with E-state index in [-0.39, 0.29) is 57.4 Å². The second-order valence-electron chi connectivity index (χ2n) is 5.94. The highest BCUT2D eigenvalue weighted by molar-refractivity contribution is 5.86. The number of β-amino-alcohol motifs (C(OH)–C–C–N with tert-alkyl or cyclic N) is 1. The number of rotatable bonds is 3. The summed E-state index contributed by atoms with van der Waals surface area (Å²) < 4.78 is 13.2. The first-order valence-electron chi connectivity index (χ1n) is 7.69. The average molecular weight is 331 g/mol. The van der Waals surface area contributed by atoms with Crippen LogP contribution >= 0.6 is 0 Å². The molecule has 0 aromatic carbocycles. The fourth-order valence-electron chi connectivity index (χ4n) is 2.93. The van der Waals surface area contributed by atoms with E-state index in [9.17, 15) is 23.9 Å². The highest BCUT2D eigenvalue weighted by Crippen LogP contribution is 2.16. The monoisotopic (exact) mass is 331 g/mol.